The molecule has 0 radical (unpaired) electrons. The average molecular weight is 286 g/mol. The number of aryl methyl sites for hydroxylation is 2. The minimum absolute atomic E-state index is 0.135. The normalized spacial score (nSPS) is 25.5. The van der Waals surface area contributed by atoms with Crippen LogP contribution in [0.2, 0.25) is 0 Å². The average Bonchev–Trinajstić information content (AvgIpc) is 2.35. The fourth-order valence-corrected chi connectivity index (χ4v) is 3.37. The van der Waals surface area contributed by atoms with Crippen LogP contribution in [-0.4, -0.2) is 11.3 Å². The van der Waals surface area contributed by atoms with Gasteiger partial charge in [-0.3, -0.25) is 0 Å². The molecule has 112 valence electrons. The van der Waals surface area contributed by atoms with Crippen molar-refractivity contribution in [3.63, 3.8) is 0 Å². The molecule has 3 atom stereocenters. The molecule has 2 rings (SSSR count). The summed E-state index contributed by atoms with van der Waals surface area (Å²) < 4.78 is 39.3. The minimum atomic E-state index is -4.22. The van der Waals surface area contributed by atoms with E-state index >= 15 is 0 Å². The van der Waals surface area contributed by atoms with Crippen molar-refractivity contribution in [2.45, 2.75) is 51.8 Å². The molecule has 1 fully saturated rings. The lowest BCUT2D eigenvalue weighted by atomic mass is 9.74. The van der Waals surface area contributed by atoms with Gasteiger partial charge in [-0.25, -0.2) is 0 Å². The monoisotopic (exact) mass is 286 g/mol. The van der Waals surface area contributed by atoms with Gasteiger partial charge in [0, 0.05) is 5.92 Å². The lowest BCUT2D eigenvalue weighted by molar-refractivity contribution is -0.207. The maximum atomic E-state index is 13.1. The maximum Gasteiger partial charge on any atom is 0.392 e. The molecule has 3 unspecified atom stereocenters. The molecule has 1 aromatic carbocycles. The van der Waals surface area contributed by atoms with Crippen LogP contribution in [0.15, 0.2) is 18.2 Å². The van der Waals surface area contributed by atoms with Gasteiger partial charge < -0.3 is 5.11 Å². The Balaban J connectivity index is 2.27. The van der Waals surface area contributed by atoms with E-state index < -0.39 is 24.1 Å². The summed E-state index contributed by atoms with van der Waals surface area (Å²) in [5.74, 6) is -2.10. The Morgan fingerprint density at radius 2 is 1.60 bits per heavy atom. The zero-order chi connectivity index (χ0) is 14.9. The fourth-order valence-electron chi connectivity index (χ4n) is 3.37. The first-order chi connectivity index (χ1) is 9.29. The number of aliphatic hydroxyl groups is 1. The molecule has 0 saturated heterocycles. The van der Waals surface area contributed by atoms with E-state index in [0.717, 1.165) is 17.5 Å². The van der Waals surface area contributed by atoms with Crippen molar-refractivity contribution in [3.8, 4) is 0 Å². The first-order valence-electron chi connectivity index (χ1n) is 7.12. The minimum Gasteiger partial charge on any atom is -0.388 e. The van der Waals surface area contributed by atoms with Gasteiger partial charge in [-0.2, -0.15) is 13.2 Å². The third-order valence-corrected chi connectivity index (χ3v) is 4.23. The van der Waals surface area contributed by atoms with Crippen LogP contribution in [0.3, 0.4) is 0 Å². The summed E-state index contributed by atoms with van der Waals surface area (Å²) in [7, 11) is 0. The molecule has 1 N–H and O–H groups in total. The van der Waals surface area contributed by atoms with Gasteiger partial charge in [-0.05, 0) is 32.3 Å². The zero-order valence-corrected chi connectivity index (χ0v) is 11.9. The lowest BCUT2D eigenvalue weighted by Gasteiger charge is -2.36. The summed E-state index contributed by atoms with van der Waals surface area (Å²) in [6.07, 6.45) is -3.31. The third kappa shape index (κ3) is 3.35. The summed E-state index contributed by atoms with van der Waals surface area (Å²) in [6.45, 7) is 3.79. The smallest absolute Gasteiger partial charge is 0.388 e. The van der Waals surface area contributed by atoms with Gasteiger partial charge in [-0.1, -0.05) is 42.2 Å². The van der Waals surface area contributed by atoms with Gasteiger partial charge in [-0.15, -0.1) is 0 Å². The molecule has 0 aliphatic heterocycles. The molecule has 1 aliphatic carbocycles. The van der Waals surface area contributed by atoms with E-state index in [-0.39, 0.29) is 6.42 Å². The standard InChI is InChI=1S/C16H21F3O/c1-10-7-11(2)9-12(8-10)15(20)13-5-3-4-6-14(13)16(17,18)19/h7-9,13-15,20H,3-6H2,1-2H3. The van der Waals surface area contributed by atoms with Crippen molar-refractivity contribution in [3.05, 3.63) is 34.9 Å². The summed E-state index contributed by atoms with van der Waals surface area (Å²) in [4.78, 5) is 0. The molecule has 1 nitrogen and oxygen atoms in total. The number of alkyl halides is 3. The highest BCUT2D eigenvalue weighted by Gasteiger charge is 2.47. The van der Waals surface area contributed by atoms with E-state index in [1.807, 2.05) is 19.9 Å². The van der Waals surface area contributed by atoms with Gasteiger partial charge in [0.2, 0.25) is 0 Å². The van der Waals surface area contributed by atoms with Crippen LogP contribution in [0.25, 0.3) is 0 Å². The second-order valence-electron chi connectivity index (χ2n) is 5.96. The van der Waals surface area contributed by atoms with Crippen molar-refractivity contribution in [1.29, 1.82) is 0 Å². The highest BCUT2D eigenvalue weighted by Crippen LogP contribution is 2.46. The Kier molecular flexibility index (Phi) is 4.43. The van der Waals surface area contributed by atoms with Crippen LogP contribution in [0.4, 0.5) is 13.2 Å². The Morgan fingerprint density at radius 1 is 1.05 bits per heavy atom. The summed E-state index contributed by atoms with van der Waals surface area (Å²) >= 11 is 0. The van der Waals surface area contributed by atoms with Gasteiger partial charge in [0.05, 0.1) is 12.0 Å². The van der Waals surface area contributed by atoms with Gasteiger partial charge in [0.1, 0.15) is 0 Å². The van der Waals surface area contributed by atoms with Crippen LogP contribution < -0.4 is 0 Å². The molecule has 0 spiro atoms. The fraction of sp³-hybridized carbons (Fsp3) is 0.625. The molecule has 0 aromatic heterocycles. The topological polar surface area (TPSA) is 20.2 Å². The predicted molar refractivity (Wildman–Crippen MR) is 72.4 cm³/mol. The van der Waals surface area contributed by atoms with Crippen molar-refractivity contribution < 1.29 is 18.3 Å². The van der Waals surface area contributed by atoms with E-state index in [1.165, 1.54) is 0 Å². The lowest BCUT2D eigenvalue weighted by Crippen LogP contribution is -2.36. The van der Waals surface area contributed by atoms with E-state index in [2.05, 4.69) is 0 Å². The number of benzene rings is 1. The Labute approximate surface area is 117 Å². The molecule has 0 amide bonds. The van der Waals surface area contributed by atoms with Crippen molar-refractivity contribution in [1.82, 2.24) is 0 Å². The largest absolute Gasteiger partial charge is 0.392 e. The molecule has 0 bridgehead atoms. The number of rotatable bonds is 2. The van der Waals surface area contributed by atoms with E-state index in [9.17, 15) is 18.3 Å². The molecule has 1 aromatic rings. The quantitative estimate of drug-likeness (QED) is 0.835. The predicted octanol–water partition coefficient (Wildman–Crippen LogP) is 4.71. The highest BCUT2D eigenvalue weighted by atomic mass is 19.4. The van der Waals surface area contributed by atoms with E-state index in [1.54, 1.807) is 12.1 Å². The maximum absolute atomic E-state index is 13.1. The molecule has 1 aliphatic rings. The van der Waals surface area contributed by atoms with Gasteiger partial charge in [0.25, 0.3) is 0 Å². The Hall–Kier alpha value is -1.03. The summed E-state index contributed by atoms with van der Waals surface area (Å²) in [5.41, 5.74) is 2.56. The van der Waals surface area contributed by atoms with Crippen LogP contribution in [0.1, 0.15) is 48.5 Å². The van der Waals surface area contributed by atoms with Crippen molar-refractivity contribution in [2.24, 2.45) is 11.8 Å². The first-order valence-corrected chi connectivity index (χ1v) is 7.12. The highest BCUT2D eigenvalue weighted by molar-refractivity contribution is 5.30. The molecule has 4 heteroatoms. The van der Waals surface area contributed by atoms with Crippen LogP contribution in [0, 0.1) is 25.7 Å². The van der Waals surface area contributed by atoms with Gasteiger partial charge >= 0.3 is 6.18 Å². The molecular formula is C16H21F3O. The molecular weight excluding hydrogens is 265 g/mol. The molecule has 1 saturated carbocycles. The molecule has 20 heavy (non-hydrogen) atoms. The van der Waals surface area contributed by atoms with Crippen LogP contribution >= 0.6 is 0 Å². The number of hydrogen-bond donors (Lipinski definition) is 1. The van der Waals surface area contributed by atoms with Crippen molar-refractivity contribution >= 4 is 0 Å². The number of aliphatic hydroxyl groups excluding tert-OH is 1. The van der Waals surface area contributed by atoms with Crippen LogP contribution in [-0.2, 0) is 0 Å². The molecule has 0 heterocycles. The Bertz CT molecular complexity index is 447. The summed E-state index contributed by atoms with van der Waals surface area (Å²) in [5, 5.41) is 10.4. The SMILES string of the molecule is Cc1cc(C)cc(C(O)C2CCCCC2C(F)(F)F)c1. The second-order valence-corrected chi connectivity index (χ2v) is 5.96. The van der Waals surface area contributed by atoms with Gasteiger partial charge in [0.15, 0.2) is 0 Å². The van der Waals surface area contributed by atoms with E-state index in [4.69, 9.17) is 0 Å². The zero-order valence-electron chi connectivity index (χ0n) is 11.9. The van der Waals surface area contributed by atoms with Crippen molar-refractivity contribution in [2.75, 3.05) is 0 Å². The summed E-state index contributed by atoms with van der Waals surface area (Å²) in [6, 6.07) is 5.54. The number of hydrogen-bond acceptors (Lipinski definition) is 1. The number of halogens is 3. The van der Waals surface area contributed by atoms with Crippen LogP contribution in [0.5, 0.6) is 0 Å². The third-order valence-electron chi connectivity index (χ3n) is 4.23. The van der Waals surface area contributed by atoms with E-state index in [0.29, 0.717) is 18.4 Å². The first kappa shape index (κ1) is 15.4. The Morgan fingerprint density at radius 3 is 2.15 bits per heavy atom. The second kappa shape index (κ2) is 5.76.